The van der Waals surface area contributed by atoms with Gasteiger partial charge in [-0.05, 0) is 29.2 Å². The maximum atomic E-state index is 12.6. The van der Waals surface area contributed by atoms with Crippen LogP contribution in [-0.2, 0) is 20.7 Å². The summed E-state index contributed by atoms with van der Waals surface area (Å²) < 4.78 is 5.63. The van der Waals surface area contributed by atoms with Crippen LogP contribution in [0.15, 0.2) is 72.8 Å². The van der Waals surface area contributed by atoms with Gasteiger partial charge in [-0.15, -0.1) is 0 Å². The van der Waals surface area contributed by atoms with Crippen molar-refractivity contribution in [1.82, 2.24) is 5.32 Å². The van der Waals surface area contributed by atoms with E-state index in [0.717, 1.165) is 29.2 Å². The predicted molar refractivity (Wildman–Crippen MR) is 104 cm³/mol. The largest absolute Gasteiger partial charge is 0.447 e. The molecule has 136 valence electrons. The highest BCUT2D eigenvalue weighted by Crippen LogP contribution is 2.24. The second-order valence-corrected chi connectivity index (χ2v) is 6.88. The third-order valence-electron chi connectivity index (χ3n) is 4.73. The fourth-order valence-corrected chi connectivity index (χ4v) is 3.18. The van der Waals surface area contributed by atoms with Gasteiger partial charge in [0.25, 0.3) is 5.91 Å². The van der Waals surface area contributed by atoms with Crippen LogP contribution in [-0.4, -0.2) is 17.9 Å². The summed E-state index contributed by atoms with van der Waals surface area (Å²) in [6.07, 6.45) is 1.17. The van der Waals surface area contributed by atoms with Crippen molar-refractivity contribution in [3.05, 3.63) is 83.9 Å². The predicted octanol–water partition coefficient (Wildman–Crippen LogP) is 3.95. The summed E-state index contributed by atoms with van der Waals surface area (Å²) in [5.74, 6) is -0.666. The average Bonchev–Trinajstić information content (AvgIpc) is 3.51. The highest BCUT2D eigenvalue weighted by molar-refractivity contribution is 5.90. The molecule has 27 heavy (non-hydrogen) atoms. The van der Waals surface area contributed by atoms with E-state index in [9.17, 15) is 9.59 Å². The van der Waals surface area contributed by atoms with Crippen molar-refractivity contribution in [2.24, 2.45) is 0 Å². The third-order valence-corrected chi connectivity index (χ3v) is 4.73. The van der Waals surface area contributed by atoms with Crippen LogP contribution in [0.5, 0.6) is 0 Å². The Labute approximate surface area is 158 Å². The number of fused-ring (bicyclic) bond motifs is 1. The molecule has 1 aliphatic rings. The fourth-order valence-electron chi connectivity index (χ4n) is 3.18. The summed E-state index contributed by atoms with van der Waals surface area (Å²) in [5, 5.41) is 5.04. The molecule has 1 aliphatic carbocycles. The van der Waals surface area contributed by atoms with Gasteiger partial charge in [-0.2, -0.15) is 0 Å². The minimum Gasteiger partial charge on any atom is -0.447 e. The zero-order valence-electron chi connectivity index (χ0n) is 14.9. The number of rotatable bonds is 6. The van der Waals surface area contributed by atoms with E-state index in [4.69, 9.17) is 4.74 Å². The van der Waals surface area contributed by atoms with E-state index in [-0.39, 0.29) is 18.4 Å². The summed E-state index contributed by atoms with van der Waals surface area (Å²) >= 11 is 0. The molecular weight excluding hydrogens is 338 g/mol. The number of carbonyl (C=O) groups is 2. The number of nitrogens with one attached hydrogen (secondary N) is 1. The molecule has 4 nitrogen and oxygen atoms in total. The van der Waals surface area contributed by atoms with E-state index in [2.05, 4.69) is 5.32 Å². The Morgan fingerprint density at radius 2 is 1.63 bits per heavy atom. The first kappa shape index (κ1) is 17.3. The summed E-state index contributed by atoms with van der Waals surface area (Å²) in [6, 6.07) is 23.2. The molecule has 1 N–H and O–H groups in total. The molecule has 4 heteroatoms. The number of hydrogen-bond acceptors (Lipinski definition) is 3. The molecule has 3 aromatic carbocycles. The molecular formula is C23H21NO3. The minimum absolute atomic E-state index is 0.126. The van der Waals surface area contributed by atoms with E-state index in [1.54, 1.807) is 0 Å². The normalized spacial score (nSPS) is 14.5. The Morgan fingerprint density at radius 3 is 2.41 bits per heavy atom. The Kier molecular flexibility index (Phi) is 4.88. The Bertz CT molecular complexity index is 958. The first-order chi connectivity index (χ1) is 13.2. The number of ether oxygens (including phenoxy) is 1. The Hall–Kier alpha value is -3.14. The molecule has 0 aliphatic heterocycles. The van der Waals surface area contributed by atoms with Gasteiger partial charge in [0.2, 0.25) is 6.10 Å². The first-order valence-electron chi connectivity index (χ1n) is 9.22. The van der Waals surface area contributed by atoms with Crippen LogP contribution in [0.3, 0.4) is 0 Å². The van der Waals surface area contributed by atoms with Crippen molar-refractivity contribution in [3.63, 3.8) is 0 Å². The smallest absolute Gasteiger partial charge is 0.311 e. The maximum absolute atomic E-state index is 12.6. The van der Waals surface area contributed by atoms with Crippen molar-refractivity contribution in [3.8, 4) is 0 Å². The van der Waals surface area contributed by atoms with Gasteiger partial charge in [-0.3, -0.25) is 9.59 Å². The summed E-state index contributed by atoms with van der Waals surface area (Å²) in [7, 11) is 0. The quantitative estimate of drug-likeness (QED) is 0.678. The molecule has 1 fully saturated rings. The van der Waals surface area contributed by atoms with E-state index >= 15 is 0 Å². The molecule has 0 radical (unpaired) electrons. The van der Waals surface area contributed by atoms with Gasteiger partial charge in [0.05, 0.1) is 6.42 Å². The number of benzene rings is 3. The molecule has 3 aromatic rings. The van der Waals surface area contributed by atoms with Crippen molar-refractivity contribution >= 4 is 22.6 Å². The number of amides is 1. The second kappa shape index (κ2) is 7.62. The zero-order chi connectivity index (χ0) is 18.6. The third kappa shape index (κ3) is 4.17. The summed E-state index contributed by atoms with van der Waals surface area (Å²) in [4.78, 5) is 25.2. The average molecular weight is 359 g/mol. The monoisotopic (exact) mass is 359 g/mol. The van der Waals surface area contributed by atoms with Crippen LogP contribution in [0, 0.1) is 0 Å². The van der Waals surface area contributed by atoms with Gasteiger partial charge in [0, 0.05) is 11.6 Å². The number of esters is 1. The van der Waals surface area contributed by atoms with Gasteiger partial charge in [0.15, 0.2) is 0 Å². The van der Waals surface area contributed by atoms with Crippen molar-refractivity contribution in [1.29, 1.82) is 0 Å². The lowest BCUT2D eigenvalue weighted by molar-refractivity contribution is -0.155. The van der Waals surface area contributed by atoms with Gasteiger partial charge in [0.1, 0.15) is 0 Å². The molecule has 1 atom stereocenters. The number of hydrogen-bond donors (Lipinski definition) is 1. The van der Waals surface area contributed by atoms with Gasteiger partial charge in [-0.25, -0.2) is 0 Å². The molecule has 1 saturated carbocycles. The van der Waals surface area contributed by atoms with Crippen LogP contribution in [0.4, 0.5) is 0 Å². The summed E-state index contributed by atoms with van der Waals surface area (Å²) in [6.45, 7) is 0. The molecule has 1 amide bonds. The van der Waals surface area contributed by atoms with Crippen LogP contribution in [0.1, 0.15) is 30.1 Å². The fraction of sp³-hybridized carbons (Fsp3) is 0.217. The highest BCUT2D eigenvalue weighted by atomic mass is 16.5. The molecule has 0 unspecified atom stereocenters. The minimum atomic E-state index is -0.922. The number of carbonyl (C=O) groups excluding carboxylic acids is 2. The summed E-state index contributed by atoms with van der Waals surface area (Å²) in [5.41, 5.74) is 1.58. The van der Waals surface area contributed by atoms with Crippen LogP contribution >= 0.6 is 0 Å². The van der Waals surface area contributed by atoms with E-state index in [1.165, 1.54) is 0 Å². The highest BCUT2D eigenvalue weighted by Gasteiger charge is 2.30. The molecule has 0 aromatic heterocycles. The molecule has 0 heterocycles. The van der Waals surface area contributed by atoms with Crippen molar-refractivity contribution < 1.29 is 14.3 Å². The lowest BCUT2D eigenvalue weighted by Gasteiger charge is -2.18. The standard InChI is InChI=1S/C23H21NO3/c25-21(15-18-11-6-10-16-7-4-5-12-20(16)18)27-22(17-8-2-1-3-9-17)23(26)24-19-13-14-19/h1-12,19,22H,13-15H2,(H,24,26)/t22-/m0/s1. The second-order valence-electron chi connectivity index (χ2n) is 6.88. The Balaban J connectivity index is 1.53. The van der Waals surface area contributed by atoms with Crippen molar-refractivity contribution in [2.75, 3.05) is 0 Å². The van der Waals surface area contributed by atoms with Crippen LogP contribution in [0.2, 0.25) is 0 Å². The van der Waals surface area contributed by atoms with Gasteiger partial charge < -0.3 is 10.1 Å². The van der Waals surface area contributed by atoms with Gasteiger partial charge >= 0.3 is 5.97 Å². The zero-order valence-corrected chi connectivity index (χ0v) is 14.9. The van der Waals surface area contributed by atoms with E-state index in [0.29, 0.717) is 5.56 Å². The van der Waals surface area contributed by atoms with Crippen molar-refractivity contribution in [2.45, 2.75) is 31.4 Å². The molecule has 4 rings (SSSR count). The molecule has 0 bridgehead atoms. The van der Waals surface area contributed by atoms with Crippen LogP contribution in [0.25, 0.3) is 10.8 Å². The van der Waals surface area contributed by atoms with E-state index < -0.39 is 12.1 Å². The SMILES string of the molecule is O=C(Cc1cccc2ccccc12)O[C@H](C(=O)NC1CC1)c1ccccc1. The van der Waals surface area contributed by atoms with Crippen LogP contribution < -0.4 is 5.32 Å². The molecule has 0 spiro atoms. The first-order valence-corrected chi connectivity index (χ1v) is 9.22. The maximum Gasteiger partial charge on any atom is 0.311 e. The topological polar surface area (TPSA) is 55.4 Å². The van der Waals surface area contributed by atoms with Gasteiger partial charge in [-0.1, -0.05) is 72.8 Å². The Morgan fingerprint density at radius 1 is 0.926 bits per heavy atom. The lowest BCUT2D eigenvalue weighted by atomic mass is 10.0. The lowest BCUT2D eigenvalue weighted by Crippen LogP contribution is -2.33. The molecule has 0 saturated heterocycles. The van der Waals surface area contributed by atoms with E-state index in [1.807, 2.05) is 72.8 Å².